The van der Waals surface area contributed by atoms with Crippen LogP contribution in [0.15, 0.2) is 54.7 Å². The molecule has 0 aliphatic carbocycles. The summed E-state index contributed by atoms with van der Waals surface area (Å²) in [4.78, 5) is 30.7. The molecule has 2 fully saturated rings. The van der Waals surface area contributed by atoms with Crippen molar-refractivity contribution in [2.45, 2.75) is 30.7 Å². The molecular formula is C20H21N3O2. The Hall–Kier alpha value is -2.69. The lowest BCUT2D eigenvalue weighted by Crippen LogP contribution is -2.54. The highest BCUT2D eigenvalue weighted by Crippen LogP contribution is 2.43. The van der Waals surface area contributed by atoms with Crippen LogP contribution < -0.4 is 5.32 Å². The van der Waals surface area contributed by atoms with E-state index in [4.69, 9.17) is 0 Å². The van der Waals surface area contributed by atoms with E-state index in [0.717, 1.165) is 12.8 Å². The third-order valence-electron chi connectivity index (χ3n) is 5.47. The summed E-state index contributed by atoms with van der Waals surface area (Å²) < 4.78 is 0. The van der Waals surface area contributed by atoms with Crippen LogP contribution in [-0.4, -0.2) is 40.3 Å². The quantitative estimate of drug-likeness (QED) is 0.916. The van der Waals surface area contributed by atoms with E-state index in [0.29, 0.717) is 25.2 Å². The normalized spacial score (nSPS) is 22.0. The third kappa shape index (κ3) is 2.90. The van der Waals surface area contributed by atoms with Crippen molar-refractivity contribution in [1.29, 1.82) is 0 Å². The van der Waals surface area contributed by atoms with Gasteiger partial charge in [0.2, 0.25) is 5.91 Å². The predicted octanol–water partition coefficient (Wildman–Crippen LogP) is 2.36. The molecule has 2 saturated heterocycles. The number of carbonyl (C=O) groups excluding carboxylic acids is 2. The number of likely N-dealkylation sites (tertiary alicyclic amines) is 1. The molecular weight excluding hydrogens is 314 g/mol. The summed E-state index contributed by atoms with van der Waals surface area (Å²) in [6.45, 7) is 1.28. The van der Waals surface area contributed by atoms with E-state index in [1.54, 1.807) is 18.3 Å². The van der Waals surface area contributed by atoms with E-state index in [1.807, 2.05) is 29.2 Å². The maximum Gasteiger partial charge on any atom is 0.272 e. The molecule has 0 unspecified atom stereocenters. The van der Waals surface area contributed by atoms with Gasteiger partial charge in [-0.2, -0.15) is 0 Å². The average molecular weight is 335 g/mol. The van der Waals surface area contributed by atoms with Gasteiger partial charge in [0.15, 0.2) is 0 Å². The van der Waals surface area contributed by atoms with Gasteiger partial charge in [-0.3, -0.25) is 14.6 Å². The number of aromatic nitrogens is 1. The number of hydrogen-bond donors (Lipinski definition) is 1. The maximum absolute atomic E-state index is 12.6. The van der Waals surface area contributed by atoms with E-state index in [2.05, 4.69) is 22.4 Å². The van der Waals surface area contributed by atoms with Crippen LogP contribution in [0.4, 0.5) is 0 Å². The summed E-state index contributed by atoms with van der Waals surface area (Å²) in [7, 11) is 0. The largest absolute Gasteiger partial charge is 0.350 e. The van der Waals surface area contributed by atoms with Crippen molar-refractivity contribution in [2.24, 2.45) is 0 Å². The number of carbonyl (C=O) groups is 2. The Balaban J connectivity index is 1.51. The number of rotatable bonds is 2. The van der Waals surface area contributed by atoms with E-state index in [9.17, 15) is 9.59 Å². The molecule has 128 valence electrons. The van der Waals surface area contributed by atoms with E-state index in [1.165, 1.54) is 5.56 Å². The predicted molar refractivity (Wildman–Crippen MR) is 94.0 cm³/mol. The summed E-state index contributed by atoms with van der Waals surface area (Å²) in [5, 5.41) is 3.22. The molecule has 2 aromatic rings. The molecule has 3 heterocycles. The Labute approximate surface area is 147 Å². The van der Waals surface area contributed by atoms with Crippen molar-refractivity contribution in [3.63, 3.8) is 0 Å². The molecule has 0 radical (unpaired) electrons. The highest BCUT2D eigenvalue weighted by atomic mass is 16.2. The Morgan fingerprint density at radius 2 is 1.80 bits per heavy atom. The number of nitrogens with zero attached hydrogens (tertiary/aromatic N) is 2. The minimum absolute atomic E-state index is 0.0314. The number of amides is 2. The van der Waals surface area contributed by atoms with Crippen molar-refractivity contribution in [1.82, 2.24) is 15.2 Å². The van der Waals surface area contributed by atoms with Crippen LogP contribution in [-0.2, 0) is 4.79 Å². The molecule has 1 N–H and O–H groups in total. The zero-order valence-electron chi connectivity index (χ0n) is 14.0. The third-order valence-corrected chi connectivity index (χ3v) is 5.47. The van der Waals surface area contributed by atoms with Crippen LogP contribution in [0.5, 0.6) is 0 Å². The molecule has 0 bridgehead atoms. The number of pyridine rings is 1. The molecule has 2 amide bonds. The second kappa shape index (κ2) is 6.31. The zero-order chi connectivity index (χ0) is 17.3. The van der Waals surface area contributed by atoms with E-state index < -0.39 is 0 Å². The monoisotopic (exact) mass is 335 g/mol. The van der Waals surface area contributed by atoms with Gasteiger partial charge >= 0.3 is 0 Å². The molecule has 0 saturated carbocycles. The first-order chi connectivity index (χ1) is 12.2. The molecule has 5 heteroatoms. The second-order valence-corrected chi connectivity index (χ2v) is 6.88. The molecule has 2 aliphatic heterocycles. The second-order valence-electron chi connectivity index (χ2n) is 6.88. The minimum Gasteiger partial charge on any atom is -0.350 e. The summed E-state index contributed by atoms with van der Waals surface area (Å²) in [6, 6.07) is 15.6. The first-order valence-corrected chi connectivity index (χ1v) is 8.74. The van der Waals surface area contributed by atoms with Gasteiger partial charge < -0.3 is 10.2 Å². The van der Waals surface area contributed by atoms with Gasteiger partial charge in [0.1, 0.15) is 5.69 Å². The van der Waals surface area contributed by atoms with Crippen LogP contribution in [0.3, 0.4) is 0 Å². The summed E-state index contributed by atoms with van der Waals surface area (Å²) in [5.74, 6) is 0.252. The topological polar surface area (TPSA) is 62.3 Å². The van der Waals surface area contributed by atoms with Gasteiger partial charge in [0.25, 0.3) is 5.91 Å². The first-order valence-electron chi connectivity index (χ1n) is 8.74. The fraction of sp³-hybridized carbons (Fsp3) is 0.350. The van der Waals surface area contributed by atoms with Crippen molar-refractivity contribution in [2.75, 3.05) is 13.1 Å². The standard InChI is InChI=1S/C20H21N3O2/c24-18-14-16(15-6-2-1-3-7-15)20(22-18)9-12-23(13-10-20)19(25)17-8-4-5-11-21-17/h1-8,11,16H,9-10,12-14H2,(H,22,24)/t16-/m1/s1. The maximum atomic E-state index is 12.6. The van der Waals surface area contributed by atoms with Crippen LogP contribution >= 0.6 is 0 Å². The zero-order valence-corrected chi connectivity index (χ0v) is 14.0. The van der Waals surface area contributed by atoms with Crippen LogP contribution in [0.2, 0.25) is 0 Å². The summed E-state index contributed by atoms with van der Waals surface area (Å²) in [5.41, 5.74) is 1.44. The van der Waals surface area contributed by atoms with Gasteiger partial charge in [-0.15, -0.1) is 0 Å². The number of benzene rings is 1. The van der Waals surface area contributed by atoms with Gasteiger partial charge in [-0.1, -0.05) is 36.4 Å². The van der Waals surface area contributed by atoms with Gasteiger partial charge in [0.05, 0.1) is 5.54 Å². The minimum atomic E-state index is -0.237. The van der Waals surface area contributed by atoms with E-state index >= 15 is 0 Å². The van der Waals surface area contributed by atoms with Gasteiger partial charge in [0, 0.05) is 31.6 Å². The van der Waals surface area contributed by atoms with Gasteiger partial charge in [-0.05, 0) is 30.5 Å². The fourth-order valence-corrected chi connectivity index (χ4v) is 4.15. The molecule has 1 aromatic heterocycles. The van der Waals surface area contributed by atoms with E-state index in [-0.39, 0.29) is 23.3 Å². The van der Waals surface area contributed by atoms with Gasteiger partial charge in [-0.25, -0.2) is 0 Å². The van der Waals surface area contributed by atoms with Crippen LogP contribution in [0.1, 0.15) is 41.2 Å². The molecule has 1 aromatic carbocycles. The SMILES string of the molecule is O=C1C[C@H](c2ccccc2)C2(CCN(C(=O)c3ccccn3)CC2)N1. The number of nitrogens with one attached hydrogen (secondary N) is 1. The molecule has 4 rings (SSSR count). The van der Waals surface area contributed by atoms with Crippen molar-refractivity contribution in [3.05, 3.63) is 66.0 Å². The average Bonchev–Trinajstić information content (AvgIpc) is 2.99. The van der Waals surface area contributed by atoms with Crippen molar-refractivity contribution in [3.8, 4) is 0 Å². The molecule has 5 nitrogen and oxygen atoms in total. The number of hydrogen-bond acceptors (Lipinski definition) is 3. The molecule has 1 atom stereocenters. The highest BCUT2D eigenvalue weighted by molar-refractivity contribution is 5.92. The number of piperidine rings is 1. The van der Waals surface area contributed by atoms with Crippen molar-refractivity contribution >= 4 is 11.8 Å². The Morgan fingerprint density at radius 1 is 1.08 bits per heavy atom. The molecule has 2 aliphatic rings. The van der Waals surface area contributed by atoms with Crippen LogP contribution in [0.25, 0.3) is 0 Å². The smallest absolute Gasteiger partial charge is 0.272 e. The summed E-state index contributed by atoms with van der Waals surface area (Å²) >= 11 is 0. The highest BCUT2D eigenvalue weighted by Gasteiger charge is 2.49. The van der Waals surface area contributed by atoms with Crippen molar-refractivity contribution < 1.29 is 9.59 Å². The molecule has 25 heavy (non-hydrogen) atoms. The first kappa shape index (κ1) is 15.8. The molecule has 1 spiro atoms. The fourth-order valence-electron chi connectivity index (χ4n) is 4.15. The Bertz CT molecular complexity index is 768. The lowest BCUT2D eigenvalue weighted by atomic mass is 9.74. The summed E-state index contributed by atoms with van der Waals surface area (Å²) in [6.07, 6.45) is 3.72. The lowest BCUT2D eigenvalue weighted by Gasteiger charge is -2.42. The Morgan fingerprint density at radius 3 is 2.48 bits per heavy atom. The van der Waals surface area contributed by atoms with Crippen LogP contribution in [0, 0.1) is 0 Å². The Kier molecular flexibility index (Phi) is 3.99. The lowest BCUT2D eigenvalue weighted by molar-refractivity contribution is -0.120.